The van der Waals surface area contributed by atoms with Crippen molar-refractivity contribution in [1.29, 1.82) is 0 Å². The number of hydrogen-bond acceptors (Lipinski definition) is 4. The van der Waals surface area contributed by atoms with Crippen molar-refractivity contribution < 1.29 is 17.6 Å². The fourth-order valence-corrected chi connectivity index (χ4v) is 4.41. The van der Waals surface area contributed by atoms with E-state index < -0.39 is 10.0 Å². The van der Waals surface area contributed by atoms with E-state index in [1.165, 1.54) is 18.4 Å². The highest BCUT2D eigenvalue weighted by Gasteiger charge is 2.15. The highest BCUT2D eigenvalue weighted by Crippen LogP contribution is 2.19. The van der Waals surface area contributed by atoms with Crippen LogP contribution in [0.3, 0.4) is 0 Å². The average Bonchev–Trinajstić information content (AvgIpc) is 3.42. The van der Waals surface area contributed by atoms with Gasteiger partial charge in [-0.15, -0.1) is 0 Å². The van der Waals surface area contributed by atoms with Crippen LogP contribution in [0.1, 0.15) is 27.5 Å². The van der Waals surface area contributed by atoms with Crippen LogP contribution in [0.15, 0.2) is 88.4 Å². The summed E-state index contributed by atoms with van der Waals surface area (Å²) < 4.78 is 34.6. The number of rotatable bonds is 7. The molecule has 0 spiro atoms. The summed E-state index contributed by atoms with van der Waals surface area (Å²) in [7, 11) is -3.69. The van der Waals surface area contributed by atoms with E-state index >= 15 is 0 Å². The van der Waals surface area contributed by atoms with Gasteiger partial charge in [-0.05, 0) is 86.6 Å². The molecule has 1 amide bonds. The molecule has 4 rings (SSSR count). The molecule has 7 nitrogen and oxygen atoms in total. The van der Waals surface area contributed by atoms with Crippen molar-refractivity contribution in [3.8, 4) is 5.69 Å². The van der Waals surface area contributed by atoms with Crippen LogP contribution < -0.4 is 10.0 Å². The Labute approximate surface area is 186 Å². The number of nitrogens with zero attached hydrogens (tertiary/aromatic N) is 1. The first-order valence-corrected chi connectivity index (χ1v) is 11.5. The molecule has 0 saturated carbocycles. The summed E-state index contributed by atoms with van der Waals surface area (Å²) >= 11 is 0. The number of carbonyl (C=O) groups excluding carboxylic acids is 1. The van der Waals surface area contributed by atoms with E-state index in [0.717, 1.165) is 17.1 Å². The second kappa shape index (κ2) is 8.86. The lowest BCUT2D eigenvalue weighted by Crippen LogP contribution is -2.23. The third-order valence-electron chi connectivity index (χ3n) is 5.10. The number of nitrogens with one attached hydrogen (secondary N) is 2. The summed E-state index contributed by atoms with van der Waals surface area (Å²) in [6.07, 6.45) is 1.48. The molecule has 0 unspecified atom stereocenters. The van der Waals surface area contributed by atoms with E-state index in [0.29, 0.717) is 17.0 Å². The molecule has 0 radical (unpaired) electrons. The fraction of sp³-hybridized carbons (Fsp3) is 0.125. The zero-order valence-electron chi connectivity index (χ0n) is 17.7. The van der Waals surface area contributed by atoms with E-state index in [1.807, 2.05) is 38.1 Å². The Morgan fingerprint density at radius 2 is 1.56 bits per heavy atom. The standard InChI is InChI=1S/C24H23N3O4S/c1-17-5-6-18(2)27(17)21-11-7-19(8-12-21)24(28)26-20-9-13-23(14-10-20)32(29,30)25-16-22-4-3-15-31-22/h3-15,25H,16H2,1-2H3,(H,26,28). The second-order valence-electron chi connectivity index (χ2n) is 7.38. The highest BCUT2D eigenvalue weighted by molar-refractivity contribution is 7.89. The van der Waals surface area contributed by atoms with Crippen LogP contribution in [0.25, 0.3) is 5.69 Å². The van der Waals surface area contributed by atoms with E-state index in [2.05, 4.69) is 14.6 Å². The van der Waals surface area contributed by atoms with Crippen molar-refractivity contribution in [1.82, 2.24) is 9.29 Å². The van der Waals surface area contributed by atoms with Crippen molar-refractivity contribution in [2.75, 3.05) is 5.32 Å². The Balaban J connectivity index is 1.41. The zero-order chi connectivity index (χ0) is 22.7. The predicted octanol–water partition coefficient (Wildman–Crippen LogP) is 4.42. The number of furan rings is 1. The van der Waals surface area contributed by atoms with E-state index in [1.54, 1.807) is 36.4 Å². The molecule has 2 aromatic heterocycles. The van der Waals surface area contributed by atoms with Crippen LogP contribution in [-0.2, 0) is 16.6 Å². The quantitative estimate of drug-likeness (QED) is 0.437. The molecule has 4 aromatic rings. The van der Waals surface area contributed by atoms with Crippen LogP contribution in [-0.4, -0.2) is 18.9 Å². The Morgan fingerprint density at radius 3 is 2.16 bits per heavy atom. The van der Waals surface area contributed by atoms with Gasteiger partial charge < -0.3 is 14.3 Å². The largest absolute Gasteiger partial charge is 0.468 e. The van der Waals surface area contributed by atoms with Gasteiger partial charge in [-0.1, -0.05) is 0 Å². The van der Waals surface area contributed by atoms with E-state index in [4.69, 9.17) is 4.42 Å². The van der Waals surface area contributed by atoms with Gasteiger partial charge in [0.25, 0.3) is 5.91 Å². The minimum absolute atomic E-state index is 0.0614. The van der Waals surface area contributed by atoms with Gasteiger partial charge in [-0.3, -0.25) is 4.79 Å². The lowest BCUT2D eigenvalue weighted by molar-refractivity contribution is 0.102. The Kier molecular flexibility index (Phi) is 5.98. The molecule has 0 fully saturated rings. The third kappa shape index (κ3) is 4.66. The first kappa shape index (κ1) is 21.6. The summed E-state index contributed by atoms with van der Waals surface area (Å²) in [6, 6.07) is 20.8. The SMILES string of the molecule is Cc1ccc(C)n1-c1ccc(C(=O)Nc2ccc(S(=O)(=O)NCc3ccco3)cc2)cc1. The maximum Gasteiger partial charge on any atom is 0.255 e. The monoisotopic (exact) mass is 449 g/mol. The molecule has 0 aliphatic carbocycles. The number of sulfonamides is 1. The molecule has 0 aliphatic rings. The third-order valence-corrected chi connectivity index (χ3v) is 6.51. The minimum atomic E-state index is -3.69. The molecule has 0 bridgehead atoms. The number of carbonyl (C=O) groups is 1. The topological polar surface area (TPSA) is 93.3 Å². The van der Waals surface area contributed by atoms with Gasteiger partial charge in [0.05, 0.1) is 17.7 Å². The minimum Gasteiger partial charge on any atom is -0.468 e. The Hall–Kier alpha value is -3.62. The molecule has 0 saturated heterocycles. The molecule has 164 valence electrons. The van der Waals surface area contributed by atoms with Gasteiger partial charge in [0.1, 0.15) is 5.76 Å². The number of aromatic nitrogens is 1. The van der Waals surface area contributed by atoms with Crippen LogP contribution in [0.2, 0.25) is 0 Å². The highest BCUT2D eigenvalue weighted by atomic mass is 32.2. The molecular formula is C24H23N3O4S. The van der Waals surface area contributed by atoms with E-state index in [9.17, 15) is 13.2 Å². The van der Waals surface area contributed by atoms with Gasteiger partial charge in [-0.25, -0.2) is 13.1 Å². The lowest BCUT2D eigenvalue weighted by Gasteiger charge is -2.11. The van der Waals surface area contributed by atoms with Crippen molar-refractivity contribution in [2.24, 2.45) is 0 Å². The summed E-state index contributed by atoms with van der Waals surface area (Å²) in [5, 5.41) is 2.79. The van der Waals surface area contributed by atoms with Gasteiger partial charge >= 0.3 is 0 Å². The lowest BCUT2D eigenvalue weighted by atomic mass is 10.2. The van der Waals surface area contributed by atoms with Crippen molar-refractivity contribution in [3.05, 3.63) is 102 Å². The average molecular weight is 450 g/mol. The van der Waals surface area contributed by atoms with Crippen LogP contribution in [0, 0.1) is 13.8 Å². The molecule has 32 heavy (non-hydrogen) atoms. The Morgan fingerprint density at radius 1 is 0.906 bits per heavy atom. The van der Waals surface area contributed by atoms with Gasteiger partial charge in [0, 0.05) is 28.3 Å². The molecule has 2 aromatic carbocycles. The smallest absolute Gasteiger partial charge is 0.255 e. The molecule has 2 N–H and O–H groups in total. The van der Waals surface area contributed by atoms with Crippen LogP contribution in [0.5, 0.6) is 0 Å². The first-order valence-electron chi connectivity index (χ1n) is 10.0. The predicted molar refractivity (Wildman–Crippen MR) is 122 cm³/mol. The summed E-state index contributed by atoms with van der Waals surface area (Å²) in [4.78, 5) is 12.7. The van der Waals surface area contributed by atoms with E-state index in [-0.39, 0.29) is 17.3 Å². The number of aryl methyl sites for hydroxylation is 2. The Bertz CT molecular complexity index is 1300. The molecule has 2 heterocycles. The molecular weight excluding hydrogens is 426 g/mol. The number of anilines is 1. The van der Waals surface area contributed by atoms with Gasteiger partial charge in [0.2, 0.25) is 10.0 Å². The molecule has 8 heteroatoms. The normalized spacial score (nSPS) is 11.4. The summed E-state index contributed by atoms with van der Waals surface area (Å²) in [6.45, 7) is 4.12. The molecule has 0 atom stereocenters. The first-order chi connectivity index (χ1) is 15.3. The second-order valence-corrected chi connectivity index (χ2v) is 9.15. The van der Waals surface area contributed by atoms with Crippen LogP contribution >= 0.6 is 0 Å². The molecule has 0 aliphatic heterocycles. The van der Waals surface area contributed by atoms with Crippen LogP contribution in [0.4, 0.5) is 5.69 Å². The maximum atomic E-state index is 12.6. The number of amides is 1. The fourth-order valence-electron chi connectivity index (χ4n) is 3.42. The number of benzene rings is 2. The number of hydrogen-bond donors (Lipinski definition) is 2. The summed E-state index contributed by atoms with van der Waals surface area (Å²) in [5.74, 6) is 0.245. The maximum absolute atomic E-state index is 12.6. The van der Waals surface area contributed by atoms with Crippen molar-refractivity contribution in [2.45, 2.75) is 25.3 Å². The van der Waals surface area contributed by atoms with Crippen molar-refractivity contribution >= 4 is 21.6 Å². The zero-order valence-corrected chi connectivity index (χ0v) is 18.5. The van der Waals surface area contributed by atoms with Gasteiger partial charge in [-0.2, -0.15) is 0 Å². The van der Waals surface area contributed by atoms with Crippen molar-refractivity contribution in [3.63, 3.8) is 0 Å². The van der Waals surface area contributed by atoms with Gasteiger partial charge in [0.15, 0.2) is 0 Å². The summed E-state index contributed by atoms with van der Waals surface area (Å²) in [5.41, 5.74) is 4.23.